The van der Waals surface area contributed by atoms with Crippen LogP contribution < -0.4 is 0 Å². The van der Waals surface area contributed by atoms with Crippen LogP contribution in [0.4, 0.5) is 0 Å². The molecule has 0 radical (unpaired) electrons. The zero-order valence-corrected chi connectivity index (χ0v) is 9.46. The van der Waals surface area contributed by atoms with Gasteiger partial charge >= 0.3 is 0 Å². The summed E-state index contributed by atoms with van der Waals surface area (Å²) in [6.45, 7) is 3.82. The number of benzene rings is 1. The summed E-state index contributed by atoms with van der Waals surface area (Å²) < 4.78 is 0. The molecule has 1 N–H and O–H groups in total. The quantitative estimate of drug-likeness (QED) is 0.826. The van der Waals surface area contributed by atoms with Crippen molar-refractivity contribution >= 4 is 5.70 Å². The van der Waals surface area contributed by atoms with Gasteiger partial charge in [-0.15, -0.1) is 0 Å². The lowest BCUT2D eigenvalue weighted by Crippen LogP contribution is -2.30. The van der Waals surface area contributed by atoms with E-state index in [1.165, 1.54) is 5.06 Å². The van der Waals surface area contributed by atoms with E-state index in [0.717, 1.165) is 23.4 Å². The molecule has 16 heavy (non-hydrogen) atoms. The molecule has 1 unspecified atom stereocenters. The SMILES string of the molecule is CCC1N=NC(c2ccccc2)=C(C)N1O. The molecule has 0 saturated carbocycles. The molecule has 4 nitrogen and oxygen atoms in total. The van der Waals surface area contributed by atoms with Crippen LogP contribution in [0.2, 0.25) is 0 Å². The first-order chi connectivity index (χ1) is 7.74. The van der Waals surface area contributed by atoms with Gasteiger partial charge in [-0.2, -0.15) is 10.2 Å². The molecule has 1 heterocycles. The Balaban J connectivity index is 2.37. The van der Waals surface area contributed by atoms with Crippen LogP contribution in [0.5, 0.6) is 0 Å². The maximum atomic E-state index is 9.89. The maximum absolute atomic E-state index is 9.89. The number of hydrogen-bond acceptors (Lipinski definition) is 4. The Hall–Kier alpha value is -1.68. The molecule has 0 aliphatic carbocycles. The summed E-state index contributed by atoms with van der Waals surface area (Å²) in [5, 5.41) is 19.3. The molecule has 1 aliphatic rings. The summed E-state index contributed by atoms with van der Waals surface area (Å²) in [6, 6.07) is 9.75. The molecule has 0 spiro atoms. The number of hydrogen-bond donors (Lipinski definition) is 1. The van der Waals surface area contributed by atoms with Crippen LogP contribution in [-0.2, 0) is 0 Å². The fourth-order valence-electron chi connectivity index (χ4n) is 1.69. The Morgan fingerprint density at radius 3 is 2.62 bits per heavy atom. The molecule has 1 atom stereocenters. The first-order valence-corrected chi connectivity index (χ1v) is 5.39. The van der Waals surface area contributed by atoms with Crippen molar-refractivity contribution in [3.05, 3.63) is 41.6 Å². The van der Waals surface area contributed by atoms with Crippen LogP contribution in [0.15, 0.2) is 46.3 Å². The van der Waals surface area contributed by atoms with E-state index in [0.29, 0.717) is 0 Å². The first kappa shape index (κ1) is 10.8. The van der Waals surface area contributed by atoms with Gasteiger partial charge in [-0.3, -0.25) is 5.21 Å². The van der Waals surface area contributed by atoms with E-state index in [9.17, 15) is 5.21 Å². The Morgan fingerprint density at radius 1 is 1.31 bits per heavy atom. The number of allylic oxidation sites excluding steroid dienone is 1. The van der Waals surface area contributed by atoms with Gasteiger partial charge in [0.25, 0.3) is 0 Å². The van der Waals surface area contributed by atoms with E-state index in [2.05, 4.69) is 10.2 Å². The third-order valence-electron chi connectivity index (χ3n) is 2.67. The third kappa shape index (κ3) is 1.84. The lowest BCUT2D eigenvalue weighted by Gasteiger charge is -2.27. The average molecular weight is 217 g/mol. The minimum atomic E-state index is -0.257. The summed E-state index contributed by atoms with van der Waals surface area (Å²) in [4.78, 5) is 0. The van der Waals surface area contributed by atoms with Crippen molar-refractivity contribution in [3.63, 3.8) is 0 Å². The first-order valence-electron chi connectivity index (χ1n) is 5.39. The molecular formula is C12H15N3O. The molecule has 0 amide bonds. The Kier molecular flexibility index (Phi) is 3.01. The number of hydroxylamine groups is 2. The van der Waals surface area contributed by atoms with E-state index >= 15 is 0 Å². The Morgan fingerprint density at radius 2 is 2.00 bits per heavy atom. The van der Waals surface area contributed by atoms with Crippen molar-refractivity contribution in [1.82, 2.24) is 5.06 Å². The van der Waals surface area contributed by atoms with Gasteiger partial charge in [-0.25, -0.2) is 5.06 Å². The second kappa shape index (κ2) is 4.45. The van der Waals surface area contributed by atoms with Gasteiger partial charge in [0, 0.05) is 5.56 Å². The molecule has 0 saturated heterocycles. The van der Waals surface area contributed by atoms with Crippen molar-refractivity contribution in [2.75, 3.05) is 0 Å². The molecule has 1 aliphatic heterocycles. The van der Waals surface area contributed by atoms with Gasteiger partial charge in [-0.1, -0.05) is 37.3 Å². The summed E-state index contributed by atoms with van der Waals surface area (Å²) in [5.41, 5.74) is 2.44. The van der Waals surface area contributed by atoms with Crippen LogP contribution in [0.3, 0.4) is 0 Å². The summed E-state index contributed by atoms with van der Waals surface area (Å²) >= 11 is 0. The van der Waals surface area contributed by atoms with Crippen LogP contribution in [-0.4, -0.2) is 16.4 Å². The smallest absolute Gasteiger partial charge is 0.166 e. The number of rotatable bonds is 2. The van der Waals surface area contributed by atoms with Gasteiger partial charge in [0.15, 0.2) is 6.17 Å². The van der Waals surface area contributed by atoms with E-state index in [-0.39, 0.29) is 6.17 Å². The molecular weight excluding hydrogens is 202 g/mol. The molecule has 0 bridgehead atoms. The second-order valence-corrected chi connectivity index (χ2v) is 3.75. The molecule has 1 aromatic carbocycles. The molecule has 84 valence electrons. The van der Waals surface area contributed by atoms with E-state index in [1.54, 1.807) is 0 Å². The molecule has 0 fully saturated rings. The zero-order valence-electron chi connectivity index (χ0n) is 9.46. The monoisotopic (exact) mass is 217 g/mol. The highest BCUT2D eigenvalue weighted by Crippen LogP contribution is 2.28. The summed E-state index contributed by atoms with van der Waals surface area (Å²) in [7, 11) is 0. The lowest BCUT2D eigenvalue weighted by atomic mass is 10.1. The maximum Gasteiger partial charge on any atom is 0.166 e. The minimum absolute atomic E-state index is 0.257. The topological polar surface area (TPSA) is 48.2 Å². The van der Waals surface area contributed by atoms with Crippen molar-refractivity contribution in [3.8, 4) is 0 Å². The van der Waals surface area contributed by atoms with Crippen molar-refractivity contribution < 1.29 is 5.21 Å². The van der Waals surface area contributed by atoms with Gasteiger partial charge in [0.05, 0.1) is 5.70 Å². The average Bonchev–Trinajstić information content (AvgIpc) is 2.34. The Bertz CT molecular complexity index is 425. The predicted octanol–water partition coefficient (Wildman–Crippen LogP) is 3.27. The lowest BCUT2D eigenvalue weighted by molar-refractivity contribution is -0.0949. The largest absolute Gasteiger partial charge is 0.287 e. The normalized spacial score (nSPS) is 20.4. The van der Waals surface area contributed by atoms with Crippen LogP contribution in [0.25, 0.3) is 5.70 Å². The fraction of sp³-hybridized carbons (Fsp3) is 0.333. The van der Waals surface area contributed by atoms with E-state index in [4.69, 9.17) is 0 Å². The van der Waals surface area contributed by atoms with Gasteiger partial charge in [0.2, 0.25) is 0 Å². The second-order valence-electron chi connectivity index (χ2n) is 3.75. The van der Waals surface area contributed by atoms with Gasteiger partial charge in [0.1, 0.15) is 5.70 Å². The zero-order chi connectivity index (χ0) is 11.5. The summed E-state index contributed by atoms with van der Waals surface area (Å²) in [5.74, 6) is 0. The van der Waals surface area contributed by atoms with Crippen molar-refractivity contribution in [1.29, 1.82) is 0 Å². The van der Waals surface area contributed by atoms with Crippen molar-refractivity contribution in [2.24, 2.45) is 10.2 Å². The fourth-order valence-corrected chi connectivity index (χ4v) is 1.69. The molecule has 2 rings (SSSR count). The predicted molar refractivity (Wildman–Crippen MR) is 61.6 cm³/mol. The summed E-state index contributed by atoms with van der Waals surface area (Å²) in [6.07, 6.45) is 0.479. The van der Waals surface area contributed by atoms with Crippen LogP contribution >= 0.6 is 0 Å². The van der Waals surface area contributed by atoms with E-state index in [1.807, 2.05) is 44.2 Å². The number of nitrogens with zero attached hydrogens (tertiary/aromatic N) is 3. The molecule has 1 aromatic rings. The highest BCUT2D eigenvalue weighted by Gasteiger charge is 2.22. The van der Waals surface area contributed by atoms with E-state index < -0.39 is 0 Å². The number of azo groups is 1. The third-order valence-corrected chi connectivity index (χ3v) is 2.67. The molecule has 0 aromatic heterocycles. The van der Waals surface area contributed by atoms with Gasteiger partial charge in [-0.05, 0) is 13.3 Å². The van der Waals surface area contributed by atoms with Crippen LogP contribution in [0.1, 0.15) is 25.8 Å². The highest BCUT2D eigenvalue weighted by molar-refractivity contribution is 5.66. The minimum Gasteiger partial charge on any atom is -0.287 e. The standard InChI is InChI=1S/C12H15N3O/c1-3-11-13-14-12(9(2)15(11)16)10-7-5-4-6-8-10/h4-8,11,16H,3H2,1-2H3. The van der Waals surface area contributed by atoms with Crippen LogP contribution in [0, 0.1) is 0 Å². The van der Waals surface area contributed by atoms with Gasteiger partial charge < -0.3 is 0 Å². The Labute approximate surface area is 94.9 Å². The highest BCUT2D eigenvalue weighted by atomic mass is 16.5. The molecule has 4 heteroatoms. The van der Waals surface area contributed by atoms with Crippen molar-refractivity contribution in [2.45, 2.75) is 26.4 Å².